The molecule has 5 nitrogen and oxygen atoms in total. The third-order valence-electron chi connectivity index (χ3n) is 5.37. The van der Waals surface area contributed by atoms with Crippen molar-refractivity contribution in [2.24, 2.45) is 5.41 Å². The van der Waals surface area contributed by atoms with E-state index in [-0.39, 0.29) is 24.5 Å². The number of Topliss-reactive ketones (excluding diaryl/α,β-unsaturated/α-hetero) is 1. The zero-order valence-corrected chi connectivity index (χ0v) is 18.3. The second kappa shape index (κ2) is 10.0. The molecule has 7 heteroatoms. The topological polar surface area (TPSA) is 86.6 Å². The van der Waals surface area contributed by atoms with Crippen LogP contribution in [0.4, 0.5) is 14.5 Å². The molecule has 0 atom stereocenters. The molecule has 0 heterocycles. The minimum absolute atomic E-state index is 0.00295. The molecule has 0 aromatic heterocycles. The van der Waals surface area contributed by atoms with Gasteiger partial charge in [0, 0.05) is 23.1 Å². The molecule has 0 aliphatic rings. The number of rotatable bonds is 8. The van der Waals surface area contributed by atoms with Crippen LogP contribution < -0.4 is 5.32 Å². The number of ketones is 1. The lowest BCUT2D eigenvalue weighted by Gasteiger charge is -2.25. The highest BCUT2D eigenvalue weighted by molar-refractivity contribution is 5.97. The second-order valence-corrected chi connectivity index (χ2v) is 8.59. The van der Waals surface area contributed by atoms with Crippen molar-refractivity contribution in [3.8, 4) is 11.1 Å². The van der Waals surface area contributed by atoms with Gasteiger partial charge in [-0.15, -0.1) is 0 Å². The number of amides is 1. The van der Waals surface area contributed by atoms with Crippen LogP contribution in [-0.2, 0) is 11.2 Å². The van der Waals surface area contributed by atoms with E-state index in [0.29, 0.717) is 16.8 Å². The van der Waals surface area contributed by atoms with Crippen LogP contribution in [0.25, 0.3) is 11.1 Å². The number of hydrogen-bond donors (Lipinski definition) is 3. The van der Waals surface area contributed by atoms with E-state index in [1.165, 1.54) is 6.07 Å². The summed E-state index contributed by atoms with van der Waals surface area (Å²) in [4.78, 5) is 24.6. The SMILES string of the molecule is CC(C)(CC(=O)c1ccc(-c2ccc(NC(=O)Cc3ccc(F)c(F)c3)cc2)cc1)C(O)O. The predicted molar refractivity (Wildman–Crippen MR) is 122 cm³/mol. The van der Waals surface area contributed by atoms with Gasteiger partial charge in [-0.3, -0.25) is 9.59 Å². The zero-order valence-electron chi connectivity index (χ0n) is 18.3. The largest absolute Gasteiger partial charge is 0.368 e. The van der Waals surface area contributed by atoms with Gasteiger partial charge in [0.05, 0.1) is 6.42 Å². The minimum Gasteiger partial charge on any atom is -0.368 e. The van der Waals surface area contributed by atoms with Crippen molar-refractivity contribution in [3.05, 3.63) is 89.5 Å². The summed E-state index contributed by atoms with van der Waals surface area (Å²) in [5, 5.41) is 21.5. The van der Waals surface area contributed by atoms with Gasteiger partial charge in [-0.1, -0.05) is 56.3 Å². The molecule has 1 amide bonds. The molecule has 0 spiro atoms. The molecule has 33 heavy (non-hydrogen) atoms. The second-order valence-electron chi connectivity index (χ2n) is 8.59. The maximum absolute atomic E-state index is 13.3. The maximum Gasteiger partial charge on any atom is 0.228 e. The standard InChI is InChI=1S/C26H25F2NO4/c1-26(2,25(32)33)15-23(30)19-6-4-17(5-7-19)18-8-10-20(11-9-18)29-24(31)14-16-3-12-21(27)22(28)13-16/h3-13,25,32-33H,14-15H2,1-2H3,(H,29,31). The summed E-state index contributed by atoms with van der Waals surface area (Å²) < 4.78 is 26.3. The highest BCUT2D eigenvalue weighted by Crippen LogP contribution is 2.27. The van der Waals surface area contributed by atoms with E-state index in [9.17, 15) is 28.6 Å². The van der Waals surface area contributed by atoms with E-state index in [2.05, 4.69) is 5.32 Å². The lowest BCUT2D eigenvalue weighted by atomic mass is 9.84. The van der Waals surface area contributed by atoms with Gasteiger partial charge >= 0.3 is 0 Å². The van der Waals surface area contributed by atoms with Gasteiger partial charge in [-0.05, 0) is 41.0 Å². The molecule has 0 unspecified atom stereocenters. The number of carbonyl (C=O) groups is 2. The van der Waals surface area contributed by atoms with Gasteiger partial charge in [0.15, 0.2) is 23.7 Å². The molecule has 0 bridgehead atoms. The molecule has 0 fully saturated rings. The van der Waals surface area contributed by atoms with Crippen LogP contribution in [0.1, 0.15) is 36.2 Å². The number of aliphatic hydroxyl groups excluding tert-OH is 1. The van der Waals surface area contributed by atoms with Crippen LogP contribution in [0, 0.1) is 17.0 Å². The third kappa shape index (κ3) is 6.31. The molecule has 0 aliphatic carbocycles. The van der Waals surface area contributed by atoms with Gasteiger partial charge in [0.2, 0.25) is 5.91 Å². The average molecular weight is 453 g/mol. The van der Waals surface area contributed by atoms with Crippen molar-refractivity contribution < 1.29 is 28.6 Å². The van der Waals surface area contributed by atoms with Gasteiger partial charge in [-0.2, -0.15) is 0 Å². The van der Waals surface area contributed by atoms with Gasteiger partial charge < -0.3 is 15.5 Å². The summed E-state index contributed by atoms with van der Waals surface area (Å²) >= 11 is 0. The summed E-state index contributed by atoms with van der Waals surface area (Å²) in [6.45, 7) is 3.23. The predicted octanol–water partition coefficient (Wildman–Crippen LogP) is 4.72. The first-order chi connectivity index (χ1) is 15.5. The Balaban J connectivity index is 1.62. The molecule has 3 N–H and O–H groups in total. The molecule has 3 aromatic rings. The Kier molecular flexibility index (Phi) is 7.36. The number of benzene rings is 3. The molecule has 172 valence electrons. The summed E-state index contributed by atoms with van der Waals surface area (Å²) in [6, 6.07) is 17.4. The molecule has 0 radical (unpaired) electrons. The Morgan fingerprint density at radius 1 is 0.879 bits per heavy atom. The molecule has 3 aromatic carbocycles. The van der Waals surface area contributed by atoms with E-state index < -0.39 is 23.3 Å². The first kappa shape index (κ1) is 24.2. The van der Waals surface area contributed by atoms with E-state index >= 15 is 0 Å². The van der Waals surface area contributed by atoms with Gasteiger partial charge in [0.1, 0.15) is 0 Å². The van der Waals surface area contributed by atoms with Crippen LogP contribution in [-0.4, -0.2) is 28.2 Å². The Morgan fingerprint density at radius 3 is 2.00 bits per heavy atom. The Bertz CT molecular complexity index is 1140. The Morgan fingerprint density at radius 2 is 1.45 bits per heavy atom. The first-order valence-electron chi connectivity index (χ1n) is 10.4. The number of halogens is 2. The summed E-state index contributed by atoms with van der Waals surface area (Å²) in [5.74, 6) is -2.49. The van der Waals surface area contributed by atoms with Crippen LogP contribution in [0.15, 0.2) is 66.7 Å². The molecular weight excluding hydrogens is 428 g/mol. The normalized spacial score (nSPS) is 11.5. The molecule has 3 rings (SSSR count). The quantitative estimate of drug-likeness (QED) is 0.340. The highest BCUT2D eigenvalue weighted by atomic mass is 19.2. The fraction of sp³-hybridized carbons (Fsp3) is 0.231. The van der Waals surface area contributed by atoms with Crippen LogP contribution in [0.5, 0.6) is 0 Å². The Labute approximate surface area is 190 Å². The van der Waals surface area contributed by atoms with E-state index in [0.717, 1.165) is 23.3 Å². The average Bonchev–Trinajstić information content (AvgIpc) is 2.76. The van der Waals surface area contributed by atoms with E-state index in [1.807, 2.05) is 12.1 Å². The van der Waals surface area contributed by atoms with Gasteiger partial charge in [-0.25, -0.2) is 8.78 Å². The molecule has 0 saturated heterocycles. The van der Waals surface area contributed by atoms with Crippen molar-refractivity contribution in [2.45, 2.75) is 33.0 Å². The van der Waals surface area contributed by atoms with Gasteiger partial charge in [0.25, 0.3) is 0 Å². The number of anilines is 1. The lowest BCUT2D eigenvalue weighted by Crippen LogP contribution is -2.31. The molecule has 0 saturated carbocycles. The van der Waals surface area contributed by atoms with Crippen LogP contribution in [0.2, 0.25) is 0 Å². The van der Waals surface area contributed by atoms with Crippen molar-refractivity contribution in [3.63, 3.8) is 0 Å². The minimum atomic E-state index is -1.59. The van der Waals surface area contributed by atoms with E-state index in [4.69, 9.17) is 0 Å². The Hall–Kier alpha value is -3.42. The number of aliphatic hydroxyl groups is 2. The van der Waals surface area contributed by atoms with Crippen molar-refractivity contribution >= 4 is 17.4 Å². The number of carbonyl (C=O) groups excluding carboxylic acids is 2. The fourth-order valence-corrected chi connectivity index (χ4v) is 3.24. The van der Waals surface area contributed by atoms with Crippen molar-refractivity contribution in [1.29, 1.82) is 0 Å². The maximum atomic E-state index is 13.3. The van der Waals surface area contributed by atoms with E-state index in [1.54, 1.807) is 50.2 Å². The fourth-order valence-electron chi connectivity index (χ4n) is 3.24. The smallest absolute Gasteiger partial charge is 0.228 e. The van der Waals surface area contributed by atoms with Crippen LogP contribution in [0.3, 0.4) is 0 Å². The monoisotopic (exact) mass is 453 g/mol. The van der Waals surface area contributed by atoms with Crippen molar-refractivity contribution in [1.82, 2.24) is 0 Å². The highest BCUT2D eigenvalue weighted by Gasteiger charge is 2.29. The zero-order chi connectivity index (χ0) is 24.2. The lowest BCUT2D eigenvalue weighted by molar-refractivity contribution is -0.120. The summed E-state index contributed by atoms with van der Waals surface area (Å²) in [5.41, 5.74) is 2.21. The summed E-state index contributed by atoms with van der Waals surface area (Å²) in [7, 11) is 0. The molecule has 0 aliphatic heterocycles. The number of hydrogen-bond acceptors (Lipinski definition) is 4. The summed E-state index contributed by atoms with van der Waals surface area (Å²) in [6.07, 6.45) is -1.67. The number of nitrogens with one attached hydrogen (secondary N) is 1. The first-order valence-corrected chi connectivity index (χ1v) is 10.4. The molecular formula is C26H25F2NO4. The van der Waals surface area contributed by atoms with Crippen LogP contribution >= 0.6 is 0 Å². The van der Waals surface area contributed by atoms with Crippen molar-refractivity contribution in [2.75, 3.05) is 5.32 Å². The third-order valence-corrected chi connectivity index (χ3v) is 5.37.